The number of aromatic nitrogens is 1. The Morgan fingerprint density at radius 1 is 1.06 bits per heavy atom. The van der Waals surface area contributed by atoms with E-state index in [0.29, 0.717) is 11.4 Å². The standard InChI is InChI=1S/C23H25N3O6/c1-14(2)10-19(22(27)28)24-20(23(29)30)12-21-18-9-4-3-6-15(18)13-25(21)16-7-5-8-17(11-16)26(31)32/h3-9,11,13-14,19-20,24H,10,12H2,1-2H3,(H,27,28)(H,29,30). The number of carbonyl (C=O) groups is 2. The van der Waals surface area contributed by atoms with Gasteiger partial charge in [-0.3, -0.25) is 25.0 Å². The number of rotatable bonds is 10. The third kappa shape index (κ3) is 5.12. The second kappa shape index (κ2) is 9.61. The highest BCUT2D eigenvalue weighted by molar-refractivity contribution is 5.87. The SMILES string of the molecule is CC(C)CC(NC(Cc1c2ccccc2cn1-c1cccc([N+](=O)[O-])c1)C(=O)O)C(=O)O. The van der Waals surface area contributed by atoms with Crippen LogP contribution >= 0.6 is 0 Å². The Labute approximate surface area is 184 Å². The normalized spacial score (nSPS) is 13.2. The molecule has 0 radical (unpaired) electrons. The van der Waals surface area contributed by atoms with Gasteiger partial charge in [0.05, 0.1) is 10.6 Å². The molecule has 0 fully saturated rings. The Morgan fingerprint density at radius 2 is 1.75 bits per heavy atom. The summed E-state index contributed by atoms with van der Waals surface area (Å²) in [6, 6.07) is 11.3. The number of aliphatic carboxylic acids is 2. The molecule has 0 spiro atoms. The van der Waals surface area contributed by atoms with Crippen LogP contribution < -0.4 is 5.32 Å². The van der Waals surface area contributed by atoms with Crippen LogP contribution in [-0.2, 0) is 16.0 Å². The van der Waals surface area contributed by atoms with Gasteiger partial charge in [0.25, 0.3) is 5.69 Å². The van der Waals surface area contributed by atoms with Gasteiger partial charge in [-0.2, -0.15) is 0 Å². The molecule has 0 amide bonds. The predicted molar refractivity (Wildman–Crippen MR) is 119 cm³/mol. The number of non-ortho nitro benzene ring substituents is 1. The maximum Gasteiger partial charge on any atom is 0.321 e. The molecule has 9 heteroatoms. The summed E-state index contributed by atoms with van der Waals surface area (Å²) in [7, 11) is 0. The van der Waals surface area contributed by atoms with Crippen molar-refractivity contribution >= 4 is 28.4 Å². The molecule has 32 heavy (non-hydrogen) atoms. The third-order valence-corrected chi connectivity index (χ3v) is 5.25. The Hall–Kier alpha value is -3.72. The summed E-state index contributed by atoms with van der Waals surface area (Å²) in [5.41, 5.74) is 1.06. The van der Waals surface area contributed by atoms with Crippen molar-refractivity contribution < 1.29 is 24.7 Å². The van der Waals surface area contributed by atoms with Gasteiger partial charge in [-0.1, -0.05) is 44.2 Å². The van der Waals surface area contributed by atoms with Crippen molar-refractivity contribution in [2.24, 2.45) is 5.92 Å². The topological polar surface area (TPSA) is 135 Å². The fraction of sp³-hybridized carbons (Fsp3) is 0.304. The molecule has 1 heterocycles. The fourth-order valence-corrected chi connectivity index (χ4v) is 3.78. The minimum absolute atomic E-state index is 0.00653. The van der Waals surface area contributed by atoms with Gasteiger partial charge >= 0.3 is 11.9 Å². The molecule has 0 aliphatic rings. The molecule has 1 aromatic heterocycles. The Balaban J connectivity index is 2.05. The third-order valence-electron chi connectivity index (χ3n) is 5.25. The minimum atomic E-state index is -1.17. The zero-order chi connectivity index (χ0) is 23.4. The maximum absolute atomic E-state index is 12.0. The van der Waals surface area contributed by atoms with Gasteiger partial charge in [-0.05, 0) is 18.4 Å². The molecular weight excluding hydrogens is 414 g/mol. The van der Waals surface area contributed by atoms with Crippen LogP contribution in [0.25, 0.3) is 16.5 Å². The molecule has 0 saturated heterocycles. The molecular formula is C23H25N3O6. The number of carboxylic acids is 2. The van der Waals surface area contributed by atoms with E-state index in [1.54, 1.807) is 22.9 Å². The molecule has 2 aromatic carbocycles. The summed E-state index contributed by atoms with van der Waals surface area (Å²) in [4.78, 5) is 34.5. The molecule has 168 valence electrons. The van der Waals surface area contributed by atoms with Crippen molar-refractivity contribution in [1.82, 2.24) is 9.88 Å². The molecule has 2 unspecified atom stereocenters. The Bertz CT molecular complexity index is 1150. The summed E-state index contributed by atoms with van der Waals surface area (Å²) in [6.45, 7) is 3.74. The van der Waals surface area contributed by atoms with E-state index in [2.05, 4.69) is 5.32 Å². The van der Waals surface area contributed by atoms with Crippen molar-refractivity contribution in [3.63, 3.8) is 0 Å². The number of nitro benzene ring substituents is 1. The highest BCUT2D eigenvalue weighted by Gasteiger charge is 2.28. The van der Waals surface area contributed by atoms with Gasteiger partial charge in [0, 0.05) is 41.2 Å². The first-order valence-corrected chi connectivity index (χ1v) is 10.2. The van der Waals surface area contributed by atoms with Crippen molar-refractivity contribution in [3.05, 3.63) is 70.5 Å². The van der Waals surface area contributed by atoms with Gasteiger partial charge < -0.3 is 14.8 Å². The van der Waals surface area contributed by atoms with Crippen LogP contribution in [0.5, 0.6) is 0 Å². The lowest BCUT2D eigenvalue weighted by Gasteiger charge is -2.22. The number of hydrogen-bond donors (Lipinski definition) is 3. The summed E-state index contributed by atoms with van der Waals surface area (Å²) < 4.78 is 1.73. The lowest BCUT2D eigenvalue weighted by atomic mass is 10.0. The highest BCUT2D eigenvalue weighted by atomic mass is 16.6. The molecule has 0 saturated carbocycles. The molecule has 3 rings (SSSR count). The molecule has 9 nitrogen and oxygen atoms in total. The van der Waals surface area contributed by atoms with Crippen molar-refractivity contribution in [2.75, 3.05) is 0 Å². The van der Waals surface area contributed by atoms with E-state index in [1.807, 2.05) is 38.1 Å². The molecule has 0 aliphatic carbocycles. The van der Waals surface area contributed by atoms with Gasteiger partial charge in [0.2, 0.25) is 0 Å². The van der Waals surface area contributed by atoms with Crippen LogP contribution in [-0.4, -0.2) is 43.7 Å². The molecule has 2 atom stereocenters. The lowest BCUT2D eigenvalue weighted by Crippen LogP contribution is -2.49. The van der Waals surface area contributed by atoms with Crippen LogP contribution in [0.1, 0.15) is 26.0 Å². The molecule has 3 N–H and O–H groups in total. The number of benzene rings is 2. The summed E-state index contributed by atoms with van der Waals surface area (Å²) >= 11 is 0. The van der Waals surface area contributed by atoms with E-state index in [9.17, 15) is 29.9 Å². The highest BCUT2D eigenvalue weighted by Crippen LogP contribution is 2.28. The fourth-order valence-electron chi connectivity index (χ4n) is 3.78. The van der Waals surface area contributed by atoms with E-state index in [4.69, 9.17) is 0 Å². The van der Waals surface area contributed by atoms with E-state index in [0.717, 1.165) is 10.8 Å². The number of carboxylic acid groups (broad SMARTS) is 2. The average Bonchev–Trinajstić information content (AvgIpc) is 3.10. The van der Waals surface area contributed by atoms with Gasteiger partial charge in [0.15, 0.2) is 0 Å². The number of fused-ring (bicyclic) bond motifs is 1. The molecule has 0 aliphatic heterocycles. The van der Waals surface area contributed by atoms with E-state index in [-0.39, 0.29) is 24.4 Å². The van der Waals surface area contributed by atoms with E-state index < -0.39 is 28.9 Å². The lowest BCUT2D eigenvalue weighted by molar-refractivity contribution is -0.384. The Kier molecular flexibility index (Phi) is 6.89. The maximum atomic E-state index is 12.0. The second-order valence-electron chi connectivity index (χ2n) is 8.09. The quantitative estimate of drug-likeness (QED) is 0.324. The van der Waals surface area contributed by atoms with Crippen LogP contribution in [0.3, 0.4) is 0 Å². The van der Waals surface area contributed by atoms with Crippen molar-refractivity contribution in [1.29, 1.82) is 0 Å². The number of nitrogens with one attached hydrogen (secondary N) is 1. The van der Waals surface area contributed by atoms with Crippen LogP contribution in [0.2, 0.25) is 0 Å². The van der Waals surface area contributed by atoms with Crippen LogP contribution in [0.4, 0.5) is 5.69 Å². The minimum Gasteiger partial charge on any atom is -0.480 e. The largest absolute Gasteiger partial charge is 0.480 e. The summed E-state index contributed by atoms with van der Waals surface area (Å²) in [5, 5.41) is 35.0. The van der Waals surface area contributed by atoms with Crippen LogP contribution in [0.15, 0.2) is 54.7 Å². The first-order valence-electron chi connectivity index (χ1n) is 10.2. The first kappa shape index (κ1) is 23.0. The summed E-state index contributed by atoms with van der Waals surface area (Å²) in [5.74, 6) is -2.22. The zero-order valence-corrected chi connectivity index (χ0v) is 17.8. The van der Waals surface area contributed by atoms with Crippen LogP contribution in [0, 0.1) is 16.0 Å². The molecule has 3 aromatic rings. The smallest absolute Gasteiger partial charge is 0.321 e. The number of nitro groups is 1. The average molecular weight is 439 g/mol. The summed E-state index contributed by atoms with van der Waals surface area (Å²) in [6.07, 6.45) is 2.07. The second-order valence-corrected chi connectivity index (χ2v) is 8.09. The zero-order valence-electron chi connectivity index (χ0n) is 17.8. The first-order chi connectivity index (χ1) is 15.2. The van der Waals surface area contributed by atoms with Gasteiger partial charge in [-0.15, -0.1) is 0 Å². The number of nitrogens with zero attached hydrogens (tertiary/aromatic N) is 2. The molecule has 0 bridgehead atoms. The van der Waals surface area contributed by atoms with E-state index >= 15 is 0 Å². The monoisotopic (exact) mass is 439 g/mol. The predicted octanol–water partition coefficient (Wildman–Crippen LogP) is 3.62. The van der Waals surface area contributed by atoms with Crippen molar-refractivity contribution in [3.8, 4) is 5.69 Å². The van der Waals surface area contributed by atoms with E-state index in [1.165, 1.54) is 12.1 Å². The van der Waals surface area contributed by atoms with Gasteiger partial charge in [-0.25, -0.2) is 0 Å². The Morgan fingerprint density at radius 3 is 2.38 bits per heavy atom. The van der Waals surface area contributed by atoms with Crippen molar-refractivity contribution in [2.45, 2.75) is 38.8 Å². The number of hydrogen-bond acceptors (Lipinski definition) is 5. The van der Waals surface area contributed by atoms with Gasteiger partial charge in [0.1, 0.15) is 12.1 Å².